The van der Waals surface area contributed by atoms with Crippen LogP contribution in [0.25, 0.3) is 0 Å². The number of aromatic nitrogens is 4. The molecule has 1 saturated heterocycles. The van der Waals surface area contributed by atoms with Crippen molar-refractivity contribution in [3.8, 4) is 0 Å². The van der Waals surface area contributed by atoms with Crippen molar-refractivity contribution in [3.05, 3.63) is 5.82 Å². The first kappa shape index (κ1) is 26.8. The topological polar surface area (TPSA) is 203 Å². The zero-order valence-corrected chi connectivity index (χ0v) is 20.4. The van der Waals surface area contributed by atoms with E-state index in [9.17, 15) is 24.0 Å². The van der Waals surface area contributed by atoms with Crippen molar-refractivity contribution >= 4 is 29.8 Å². The largest absolute Gasteiger partial charge is 0.465 e. The molecule has 0 bridgehead atoms. The Labute approximate surface area is 207 Å². The minimum absolute atomic E-state index is 0.0390. The number of hydrogen-bond acceptors (Lipinski definition) is 8. The number of nitrogens with one attached hydrogen (secondary N) is 4. The first-order valence-corrected chi connectivity index (χ1v) is 12.1. The number of H-pyrrole nitrogens is 1. The summed E-state index contributed by atoms with van der Waals surface area (Å²) in [4.78, 5) is 65.6. The number of hydrogen-bond donors (Lipinski definition) is 5. The maximum absolute atomic E-state index is 13.3. The minimum atomic E-state index is -1.36. The van der Waals surface area contributed by atoms with Crippen molar-refractivity contribution in [2.24, 2.45) is 5.92 Å². The smallest absolute Gasteiger partial charge is 0.405 e. The van der Waals surface area contributed by atoms with Gasteiger partial charge in [0.1, 0.15) is 12.1 Å². The van der Waals surface area contributed by atoms with Crippen molar-refractivity contribution in [1.82, 2.24) is 46.4 Å². The number of imide groups is 1. The molecule has 198 valence electrons. The summed E-state index contributed by atoms with van der Waals surface area (Å²) in [6, 6.07) is -2.82. The summed E-state index contributed by atoms with van der Waals surface area (Å²) in [5.74, 6) is -2.09. The summed E-state index contributed by atoms with van der Waals surface area (Å²) in [6.45, 7) is 2.95. The predicted octanol–water partition coefficient (Wildman–Crippen LogP) is -0.420. The van der Waals surface area contributed by atoms with Crippen LogP contribution in [0, 0.1) is 5.92 Å². The van der Waals surface area contributed by atoms with Gasteiger partial charge >= 0.3 is 12.1 Å². The lowest BCUT2D eigenvalue weighted by atomic mass is 9.94. The Hall–Kier alpha value is -3.78. The molecule has 1 aromatic rings. The van der Waals surface area contributed by atoms with E-state index in [2.05, 4.69) is 36.6 Å². The molecule has 1 aromatic heterocycles. The van der Waals surface area contributed by atoms with Crippen molar-refractivity contribution in [2.75, 3.05) is 13.1 Å². The SMILES string of the molecule is CC[C@H](C)[C@H](NC(=O)O)C(=O)NCC(=O)N1C(=O)N(C2CCCCC2)CC1C(=O)NCc1nn[nH]n1. The minimum Gasteiger partial charge on any atom is -0.465 e. The summed E-state index contributed by atoms with van der Waals surface area (Å²) in [5, 5.41) is 29.5. The Morgan fingerprint density at radius 3 is 2.50 bits per heavy atom. The molecular formula is C21H33N9O6. The summed E-state index contributed by atoms with van der Waals surface area (Å²) < 4.78 is 0. The van der Waals surface area contributed by atoms with Gasteiger partial charge in [-0.3, -0.25) is 14.4 Å². The molecule has 0 spiro atoms. The average Bonchev–Trinajstić information content (AvgIpc) is 3.52. The fourth-order valence-corrected chi connectivity index (χ4v) is 4.53. The third kappa shape index (κ3) is 6.46. The van der Waals surface area contributed by atoms with Crippen LogP contribution in [0.1, 0.15) is 58.2 Å². The molecule has 15 nitrogen and oxygen atoms in total. The van der Waals surface area contributed by atoms with Crippen molar-refractivity contribution in [3.63, 3.8) is 0 Å². The third-order valence-electron chi connectivity index (χ3n) is 6.72. The van der Waals surface area contributed by atoms with Gasteiger partial charge in [0.25, 0.3) is 5.91 Å². The van der Waals surface area contributed by atoms with E-state index in [1.807, 2.05) is 0 Å². The molecule has 0 aromatic carbocycles. The molecule has 2 heterocycles. The quantitative estimate of drug-likeness (QED) is 0.279. The molecule has 1 aliphatic carbocycles. The number of aromatic amines is 1. The Balaban J connectivity index is 1.71. The number of carbonyl (C=O) groups excluding carboxylic acids is 4. The second kappa shape index (κ2) is 12.3. The molecule has 2 fully saturated rings. The third-order valence-corrected chi connectivity index (χ3v) is 6.72. The number of urea groups is 1. The van der Waals surface area contributed by atoms with Crippen LogP contribution >= 0.6 is 0 Å². The van der Waals surface area contributed by atoms with Crippen LogP contribution in [-0.4, -0.2) is 96.6 Å². The summed E-state index contributed by atoms with van der Waals surface area (Å²) in [6.07, 6.45) is 3.73. The lowest BCUT2D eigenvalue weighted by Gasteiger charge is -2.30. The fourth-order valence-electron chi connectivity index (χ4n) is 4.53. The summed E-state index contributed by atoms with van der Waals surface area (Å²) >= 11 is 0. The van der Waals surface area contributed by atoms with E-state index < -0.39 is 48.5 Å². The second-order valence-electron chi connectivity index (χ2n) is 9.08. The number of tetrazole rings is 1. The highest BCUT2D eigenvalue weighted by molar-refractivity contribution is 6.04. The molecule has 6 amide bonds. The van der Waals surface area contributed by atoms with Gasteiger partial charge in [-0.2, -0.15) is 5.21 Å². The zero-order valence-electron chi connectivity index (χ0n) is 20.4. The molecule has 5 N–H and O–H groups in total. The van der Waals surface area contributed by atoms with Gasteiger partial charge in [0.05, 0.1) is 19.6 Å². The highest BCUT2D eigenvalue weighted by Gasteiger charge is 2.47. The van der Waals surface area contributed by atoms with Crippen LogP contribution < -0.4 is 16.0 Å². The molecule has 1 aliphatic heterocycles. The van der Waals surface area contributed by atoms with E-state index in [4.69, 9.17) is 5.11 Å². The molecule has 15 heteroatoms. The Bertz CT molecular complexity index is 950. The molecular weight excluding hydrogens is 474 g/mol. The monoisotopic (exact) mass is 507 g/mol. The highest BCUT2D eigenvalue weighted by atomic mass is 16.4. The number of rotatable bonds is 10. The fraction of sp³-hybridized carbons (Fsp3) is 0.714. The first-order valence-electron chi connectivity index (χ1n) is 12.1. The molecule has 36 heavy (non-hydrogen) atoms. The standard InChI is InChI=1S/C21H33N9O6/c1-3-12(2)17(24-20(34)35)19(33)23-10-16(31)30-14(18(32)22-9-15-25-27-28-26-15)11-29(21(30)36)13-7-5-4-6-8-13/h12-14,17,24H,3-11H2,1-2H3,(H,22,32)(H,23,33)(H,34,35)(H,25,26,27,28)/t12-,14?,17-/m0/s1. The lowest BCUT2D eigenvalue weighted by Crippen LogP contribution is -2.54. The summed E-state index contributed by atoms with van der Waals surface area (Å²) in [5.41, 5.74) is 0. The predicted molar refractivity (Wildman–Crippen MR) is 123 cm³/mol. The molecule has 2 aliphatic rings. The van der Waals surface area contributed by atoms with Gasteiger partial charge in [0, 0.05) is 6.04 Å². The number of amides is 6. The van der Waals surface area contributed by atoms with Crippen LogP contribution in [-0.2, 0) is 20.9 Å². The normalized spacial score (nSPS) is 20.1. The van der Waals surface area contributed by atoms with E-state index in [-0.39, 0.29) is 30.9 Å². The summed E-state index contributed by atoms with van der Waals surface area (Å²) in [7, 11) is 0. The molecule has 1 saturated carbocycles. The van der Waals surface area contributed by atoms with E-state index in [1.165, 1.54) is 0 Å². The van der Waals surface area contributed by atoms with Gasteiger partial charge in [0.15, 0.2) is 5.82 Å². The van der Waals surface area contributed by atoms with Crippen LogP contribution in [0.4, 0.5) is 9.59 Å². The first-order chi connectivity index (χ1) is 17.2. The Kier molecular flexibility index (Phi) is 9.13. The highest BCUT2D eigenvalue weighted by Crippen LogP contribution is 2.28. The Morgan fingerprint density at radius 1 is 1.17 bits per heavy atom. The van der Waals surface area contributed by atoms with Gasteiger partial charge in [-0.15, -0.1) is 10.2 Å². The van der Waals surface area contributed by atoms with Gasteiger partial charge < -0.3 is 26.0 Å². The van der Waals surface area contributed by atoms with E-state index >= 15 is 0 Å². The van der Waals surface area contributed by atoms with E-state index in [0.717, 1.165) is 37.0 Å². The van der Waals surface area contributed by atoms with Crippen LogP contribution in [0.15, 0.2) is 0 Å². The van der Waals surface area contributed by atoms with Crippen molar-refractivity contribution in [1.29, 1.82) is 0 Å². The average molecular weight is 508 g/mol. The zero-order chi connectivity index (χ0) is 26.2. The molecule has 1 unspecified atom stereocenters. The molecule has 0 radical (unpaired) electrons. The van der Waals surface area contributed by atoms with Gasteiger partial charge in [-0.1, -0.05) is 44.7 Å². The molecule has 3 atom stereocenters. The van der Waals surface area contributed by atoms with Gasteiger partial charge in [-0.25, -0.2) is 14.5 Å². The lowest BCUT2D eigenvalue weighted by molar-refractivity contribution is -0.136. The van der Waals surface area contributed by atoms with Crippen LogP contribution in [0.5, 0.6) is 0 Å². The molecule has 3 rings (SSSR count). The maximum atomic E-state index is 13.3. The second-order valence-corrected chi connectivity index (χ2v) is 9.08. The van der Waals surface area contributed by atoms with Gasteiger partial charge in [-0.05, 0) is 18.8 Å². The van der Waals surface area contributed by atoms with Crippen LogP contribution in [0.2, 0.25) is 0 Å². The van der Waals surface area contributed by atoms with Crippen molar-refractivity contribution in [2.45, 2.75) is 77.0 Å². The number of nitrogens with zero attached hydrogens (tertiary/aromatic N) is 5. The van der Waals surface area contributed by atoms with Crippen LogP contribution in [0.3, 0.4) is 0 Å². The van der Waals surface area contributed by atoms with E-state index in [1.54, 1.807) is 18.7 Å². The van der Waals surface area contributed by atoms with E-state index in [0.29, 0.717) is 6.42 Å². The number of carboxylic acid groups (broad SMARTS) is 1. The van der Waals surface area contributed by atoms with Crippen molar-refractivity contribution < 1.29 is 29.1 Å². The number of carbonyl (C=O) groups is 5. The maximum Gasteiger partial charge on any atom is 0.405 e. The van der Waals surface area contributed by atoms with Gasteiger partial charge in [0.2, 0.25) is 11.8 Å². The Morgan fingerprint density at radius 2 is 1.89 bits per heavy atom.